The molecule has 3 heteroatoms. The molecule has 0 aromatic heterocycles. The number of rotatable bonds is 4. The van der Waals surface area contributed by atoms with E-state index >= 15 is 0 Å². The van der Waals surface area contributed by atoms with Crippen molar-refractivity contribution < 1.29 is 0 Å². The first-order chi connectivity index (χ1) is 8.57. The van der Waals surface area contributed by atoms with E-state index in [1.165, 1.54) is 31.5 Å². The Hall–Kier alpha value is -0.380. The fourth-order valence-electron chi connectivity index (χ4n) is 2.49. The van der Waals surface area contributed by atoms with Crippen molar-refractivity contribution in [3.8, 4) is 0 Å². The van der Waals surface area contributed by atoms with Gasteiger partial charge in [0.15, 0.2) is 0 Å². The van der Waals surface area contributed by atoms with Crippen LogP contribution in [0.15, 0.2) is 28.7 Å². The molecular weight excluding hydrogens is 288 g/mol. The van der Waals surface area contributed by atoms with E-state index in [4.69, 9.17) is 0 Å². The van der Waals surface area contributed by atoms with Gasteiger partial charge in [-0.05, 0) is 56.1 Å². The summed E-state index contributed by atoms with van der Waals surface area (Å²) in [6.45, 7) is 6.95. The van der Waals surface area contributed by atoms with Crippen molar-refractivity contribution in [1.29, 1.82) is 0 Å². The second-order valence-electron chi connectivity index (χ2n) is 5.85. The summed E-state index contributed by atoms with van der Waals surface area (Å²) in [5.41, 5.74) is 1.82. The van der Waals surface area contributed by atoms with Gasteiger partial charge >= 0.3 is 0 Å². The number of hydrogen-bond donors (Lipinski definition) is 1. The second-order valence-corrected chi connectivity index (χ2v) is 6.76. The van der Waals surface area contributed by atoms with Crippen LogP contribution in [0.25, 0.3) is 0 Å². The fourth-order valence-corrected chi connectivity index (χ4v) is 2.94. The van der Waals surface area contributed by atoms with E-state index in [0.29, 0.717) is 5.41 Å². The van der Waals surface area contributed by atoms with Gasteiger partial charge in [-0.2, -0.15) is 0 Å². The van der Waals surface area contributed by atoms with Gasteiger partial charge in [0, 0.05) is 17.6 Å². The Bertz CT molecular complexity index is 384. The number of piperidine rings is 1. The monoisotopic (exact) mass is 310 g/mol. The fraction of sp³-hybridized carbons (Fsp3) is 0.600. The van der Waals surface area contributed by atoms with Gasteiger partial charge < -0.3 is 10.2 Å². The molecule has 0 aliphatic carbocycles. The van der Waals surface area contributed by atoms with Gasteiger partial charge in [-0.15, -0.1) is 0 Å². The average Bonchev–Trinajstić information content (AvgIpc) is 2.34. The Labute approximate surface area is 119 Å². The Balaban J connectivity index is 1.78. The molecule has 0 atom stereocenters. The standard InChI is InChI=1S/C15H23BrN2/c1-15(6-8-18(2)9-7-15)12-17-11-13-4-3-5-14(16)10-13/h3-5,10,17H,6-9,11-12H2,1-2H3. The molecule has 1 saturated heterocycles. The maximum absolute atomic E-state index is 3.61. The topological polar surface area (TPSA) is 15.3 Å². The summed E-state index contributed by atoms with van der Waals surface area (Å²) in [7, 11) is 2.22. The lowest BCUT2D eigenvalue weighted by Gasteiger charge is -2.38. The van der Waals surface area contributed by atoms with Crippen LogP contribution in [0.3, 0.4) is 0 Å². The smallest absolute Gasteiger partial charge is 0.0206 e. The SMILES string of the molecule is CN1CCC(C)(CNCc2cccc(Br)c2)CC1. The molecule has 0 spiro atoms. The first kappa shape index (κ1) is 14.0. The van der Waals surface area contributed by atoms with Crippen molar-refractivity contribution in [2.75, 3.05) is 26.7 Å². The Morgan fingerprint density at radius 3 is 2.72 bits per heavy atom. The number of halogens is 1. The average molecular weight is 311 g/mol. The summed E-state index contributed by atoms with van der Waals surface area (Å²) in [5, 5.41) is 3.61. The van der Waals surface area contributed by atoms with Crippen molar-refractivity contribution in [3.05, 3.63) is 34.3 Å². The van der Waals surface area contributed by atoms with Crippen molar-refractivity contribution >= 4 is 15.9 Å². The lowest BCUT2D eigenvalue weighted by atomic mass is 9.80. The number of hydrogen-bond acceptors (Lipinski definition) is 2. The summed E-state index contributed by atoms with van der Waals surface area (Å²) in [5.74, 6) is 0. The first-order valence-electron chi connectivity index (χ1n) is 6.71. The van der Waals surface area contributed by atoms with E-state index in [2.05, 4.69) is 64.4 Å². The number of nitrogens with one attached hydrogen (secondary N) is 1. The number of nitrogens with zero attached hydrogens (tertiary/aromatic N) is 1. The highest BCUT2D eigenvalue weighted by atomic mass is 79.9. The van der Waals surface area contributed by atoms with Crippen LogP contribution in [0.1, 0.15) is 25.3 Å². The van der Waals surface area contributed by atoms with E-state index < -0.39 is 0 Å². The van der Waals surface area contributed by atoms with Crippen LogP contribution in [0.4, 0.5) is 0 Å². The third-order valence-corrected chi connectivity index (χ3v) is 4.46. The Kier molecular flexibility index (Phi) is 4.82. The second kappa shape index (κ2) is 6.18. The molecule has 1 aromatic carbocycles. The van der Waals surface area contributed by atoms with E-state index in [9.17, 15) is 0 Å². The van der Waals surface area contributed by atoms with Gasteiger partial charge in [0.2, 0.25) is 0 Å². The third kappa shape index (κ3) is 4.08. The molecular formula is C15H23BrN2. The van der Waals surface area contributed by atoms with Gasteiger partial charge in [-0.25, -0.2) is 0 Å². The van der Waals surface area contributed by atoms with Crippen molar-refractivity contribution in [1.82, 2.24) is 10.2 Å². The molecule has 1 fully saturated rings. The van der Waals surface area contributed by atoms with Gasteiger partial charge in [0.05, 0.1) is 0 Å². The quantitative estimate of drug-likeness (QED) is 0.918. The highest BCUT2D eigenvalue weighted by Crippen LogP contribution is 2.29. The molecule has 100 valence electrons. The predicted molar refractivity (Wildman–Crippen MR) is 80.7 cm³/mol. The molecule has 1 aromatic rings. The molecule has 0 bridgehead atoms. The summed E-state index contributed by atoms with van der Waals surface area (Å²) >= 11 is 3.51. The summed E-state index contributed by atoms with van der Waals surface area (Å²) in [6, 6.07) is 8.53. The van der Waals surface area contributed by atoms with E-state index in [1.54, 1.807) is 0 Å². The van der Waals surface area contributed by atoms with E-state index in [-0.39, 0.29) is 0 Å². The minimum atomic E-state index is 0.471. The lowest BCUT2D eigenvalue weighted by Crippen LogP contribution is -2.41. The van der Waals surface area contributed by atoms with Crippen LogP contribution >= 0.6 is 15.9 Å². The van der Waals surface area contributed by atoms with Crippen molar-refractivity contribution in [2.45, 2.75) is 26.3 Å². The molecule has 0 saturated carbocycles. The minimum Gasteiger partial charge on any atom is -0.312 e. The summed E-state index contributed by atoms with van der Waals surface area (Å²) < 4.78 is 1.16. The van der Waals surface area contributed by atoms with Gasteiger partial charge in [-0.1, -0.05) is 35.0 Å². The largest absolute Gasteiger partial charge is 0.312 e. The first-order valence-corrected chi connectivity index (χ1v) is 7.50. The molecule has 1 heterocycles. The zero-order valence-electron chi connectivity index (χ0n) is 11.4. The van der Waals surface area contributed by atoms with Gasteiger partial charge in [0.1, 0.15) is 0 Å². The molecule has 2 nitrogen and oxygen atoms in total. The van der Waals surface area contributed by atoms with Crippen molar-refractivity contribution in [2.24, 2.45) is 5.41 Å². The molecule has 1 N–H and O–H groups in total. The maximum Gasteiger partial charge on any atom is 0.0206 e. The summed E-state index contributed by atoms with van der Waals surface area (Å²) in [4.78, 5) is 2.43. The molecule has 0 unspecified atom stereocenters. The molecule has 0 amide bonds. The molecule has 18 heavy (non-hydrogen) atoms. The van der Waals surface area contributed by atoms with Gasteiger partial charge in [0.25, 0.3) is 0 Å². The molecule has 2 rings (SSSR count). The van der Waals surface area contributed by atoms with Crippen LogP contribution in [0, 0.1) is 5.41 Å². The highest BCUT2D eigenvalue weighted by Gasteiger charge is 2.28. The van der Waals surface area contributed by atoms with Crippen LogP contribution in [0.5, 0.6) is 0 Å². The van der Waals surface area contributed by atoms with Crippen molar-refractivity contribution in [3.63, 3.8) is 0 Å². The van der Waals surface area contributed by atoms with E-state index in [1.807, 2.05) is 0 Å². The van der Waals surface area contributed by atoms with E-state index in [0.717, 1.165) is 17.6 Å². The molecule has 1 aliphatic heterocycles. The predicted octanol–water partition coefficient (Wildman–Crippen LogP) is 3.27. The summed E-state index contributed by atoms with van der Waals surface area (Å²) in [6.07, 6.45) is 2.60. The normalized spacial score (nSPS) is 19.9. The van der Waals surface area contributed by atoms with Gasteiger partial charge in [-0.3, -0.25) is 0 Å². The highest BCUT2D eigenvalue weighted by molar-refractivity contribution is 9.10. The van der Waals surface area contributed by atoms with Crippen LogP contribution < -0.4 is 5.32 Å². The lowest BCUT2D eigenvalue weighted by molar-refractivity contribution is 0.137. The molecule has 1 aliphatic rings. The molecule has 0 radical (unpaired) electrons. The Morgan fingerprint density at radius 1 is 1.33 bits per heavy atom. The number of likely N-dealkylation sites (tertiary alicyclic amines) is 1. The third-order valence-electron chi connectivity index (χ3n) is 3.96. The Morgan fingerprint density at radius 2 is 2.06 bits per heavy atom. The van der Waals surface area contributed by atoms with Crippen LogP contribution in [-0.2, 0) is 6.54 Å². The number of benzene rings is 1. The van der Waals surface area contributed by atoms with Crippen LogP contribution in [0.2, 0.25) is 0 Å². The maximum atomic E-state index is 3.61. The minimum absolute atomic E-state index is 0.471. The van der Waals surface area contributed by atoms with Crippen LogP contribution in [-0.4, -0.2) is 31.6 Å². The zero-order valence-corrected chi connectivity index (χ0v) is 13.0. The zero-order chi connectivity index (χ0) is 13.0.